The molecule has 1 aliphatic heterocycles. The average molecular weight is 319 g/mol. The SMILES string of the molecule is NS(=O)(=O)CC1CC(=O)N(Cc2cccc3ncccc23)C1. The van der Waals surface area contributed by atoms with Crippen LogP contribution < -0.4 is 5.14 Å². The fraction of sp³-hybridized carbons (Fsp3) is 0.333. The zero-order valence-corrected chi connectivity index (χ0v) is 12.8. The van der Waals surface area contributed by atoms with Gasteiger partial charge in [-0.1, -0.05) is 18.2 Å². The standard InChI is InChI=1S/C15H17N3O3S/c16-22(20,21)10-11-7-15(19)18(8-11)9-12-3-1-5-14-13(12)4-2-6-17-14/h1-6,11H,7-10H2,(H2,16,20,21). The second-order valence-corrected chi connectivity index (χ2v) is 7.32. The summed E-state index contributed by atoms with van der Waals surface area (Å²) < 4.78 is 22.3. The number of carbonyl (C=O) groups excluding carboxylic acids is 1. The Morgan fingerprint density at radius 1 is 1.27 bits per heavy atom. The number of sulfonamides is 1. The van der Waals surface area contributed by atoms with Gasteiger partial charge in [-0.15, -0.1) is 0 Å². The van der Waals surface area contributed by atoms with E-state index in [1.54, 1.807) is 11.1 Å². The van der Waals surface area contributed by atoms with Gasteiger partial charge in [-0.25, -0.2) is 13.6 Å². The Bertz CT molecular complexity index is 814. The molecular formula is C15H17N3O3S. The molecule has 116 valence electrons. The first-order valence-corrected chi connectivity index (χ1v) is 8.75. The molecule has 0 saturated carbocycles. The normalized spacial score (nSPS) is 19.0. The summed E-state index contributed by atoms with van der Waals surface area (Å²) in [5.74, 6) is -0.406. The molecule has 7 heteroatoms. The molecule has 0 radical (unpaired) electrons. The van der Waals surface area contributed by atoms with E-state index in [9.17, 15) is 13.2 Å². The number of carbonyl (C=O) groups is 1. The number of hydrogen-bond acceptors (Lipinski definition) is 4. The maximum atomic E-state index is 12.1. The number of benzene rings is 1. The molecule has 6 nitrogen and oxygen atoms in total. The highest BCUT2D eigenvalue weighted by atomic mass is 32.2. The monoisotopic (exact) mass is 319 g/mol. The molecule has 1 atom stereocenters. The fourth-order valence-electron chi connectivity index (χ4n) is 2.96. The van der Waals surface area contributed by atoms with Crippen molar-refractivity contribution in [2.24, 2.45) is 11.1 Å². The summed E-state index contributed by atoms with van der Waals surface area (Å²) in [6, 6.07) is 9.63. The quantitative estimate of drug-likeness (QED) is 0.905. The van der Waals surface area contributed by atoms with E-state index >= 15 is 0 Å². The van der Waals surface area contributed by atoms with Gasteiger partial charge in [-0.3, -0.25) is 9.78 Å². The zero-order valence-electron chi connectivity index (χ0n) is 12.0. The summed E-state index contributed by atoms with van der Waals surface area (Å²) in [5.41, 5.74) is 1.89. The van der Waals surface area contributed by atoms with Gasteiger partial charge in [0.25, 0.3) is 0 Å². The number of likely N-dealkylation sites (tertiary alicyclic amines) is 1. The smallest absolute Gasteiger partial charge is 0.223 e. The van der Waals surface area contributed by atoms with Crippen LogP contribution in [0.1, 0.15) is 12.0 Å². The van der Waals surface area contributed by atoms with Gasteiger partial charge in [0.15, 0.2) is 0 Å². The summed E-state index contributed by atoms with van der Waals surface area (Å²) in [6.07, 6.45) is 1.97. The van der Waals surface area contributed by atoms with Crippen molar-refractivity contribution in [2.75, 3.05) is 12.3 Å². The van der Waals surface area contributed by atoms with Crippen LogP contribution in [0.3, 0.4) is 0 Å². The van der Waals surface area contributed by atoms with E-state index in [0.717, 1.165) is 16.5 Å². The van der Waals surface area contributed by atoms with Crippen LogP contribution in [0.25, 0.3) is 10.9 Å². The minimum Gasteiger partial charge on any atom is -0.338 e. The van der Waals surface area contributed by atoms with Crippen molar-refractivity contribution in [1.29, 1.82) is 0 Å². The maximum absolute atomic E-state index is 12.1. The van der Waals surface area contributed by atoms with Crippen LogP contribution in [0.4, 0.5) is 0 Å². The lowest BCUT2D eigenvalue weighted by Crippen LogP contribution is -2.27. The van der Waals surface area contributed by atoms with Crippen LogP contribution >= 0.6 is 0 Å². The first-order valence-electron chi connectivity index (χ1n) is 7.03. The molecule has 1 aromatic carbocycles. The number of pyridine rings is 1. The Kier molecular flexibility index (Phi) is 3.84. The number of hydrogen-bond donors (Lipinski definition) is 1. The first-order chi connectivity index (χ1) is 10.4. The van der Waals surface area contributed by atoms with Gasteiger partial charge in [0.2, 0.25) is 15.9 Å². The number of primary sulfonamides is 1. The molecule has 1 fully saturated rings. The highest BCUT2D eigenvalue weighted by molar-refractivity contribution is 7.89. The molecule has 0 aliphatic carbocycles. The van der Waals surface area contributed by atoms with E-state index in [1.165, 1.54) is 0 Å². The predicted octanol–water partition coefficient (Wildman–Crippen LogP) is 0.872. The van der Waals surface area contributed by atoms with Crippen molar-refractivity contribution in [1.82, 2.24) is 9.88 Å². The highest BCUT2D eigenvalue weighted by Crippen LogP contribution is 2.24. The Balaban J connectivity index is 1.79. The van der Waals surface area contributed by atoms with Gasteiger partial charge >= 0.3 is 0 Å². The summed E-state index contributed by atoms with van der Waals surface area (Å²) in [5, 5.41) is 6.07. The molecule has 2 heterocycles. The Morgan fingerprint density at radius 2 is 2.09 bits per heavy atom. The second kappa shape index (κ2) is 5.66. The summed E-state index contributed by atoms with van der Waals surface area (Å²) in [6.45, 7) is 0.884. The van der Waals surface area contributed by atoms with Crippen molar-refractivity contribution in [3.05, 3.63) is 42.1 Å². The molecule has 1 aliphatic rings. The van der Waals surface area contributed by atoms with E-state index in [4.69, 9.17) is 5.14 Å². The largest absolute Gasteiger partial charge is 0.338 e. The molecule has 22 heavy (non-hydrogen) atoms. The van der Waals surface area contributed by atoms with Crippen LogP contribution in [-0.2, 0) is 21.4 Å². The van der Waals surface area contributed by atoms with Crippen LogP contribution in [0, 0.1) is 5.92 Å². The number of aromatic nitrogens is 1. The fourth-order valence-corrected chi connectivity index (χ4v) is 3.84. The van der Waals surface area contributed by atoms with Crippen molar-refractivity contribution >= 4 is 26.8 Å². The van der Waals surface area contributed by atoms with Crippen molar-refractivity contribution in [3.63, 3.8) is 0 Å². The van der Waals surface area contributed by atoms with Crippen molar-refractivity contribution in [2.45, 2.75) is 13.0 Å². The van der Waals surface area contributed by atoms with E-state index < -0.39 is 10.0 Å². The van der Waals surface area contributed by atoms with E-state index in [-0.39, 0.29) is 24.0 Å². The van der Waals surface area contributed by atoms with Crippen molar-refractivity contribution < 1.29 is 13.2 Å². The lowest BCUT2D eigenvalue weighted by atomic mass is 10.1. The third-order valence-corrected chi connectivity index (χ3v) is 4.80. The highest BCUT2D eigenvalue weighted by Gasteiger charge is 2.32. The first kappa shape index (κ1) is 14.9. The van der Waals surface area contributed by atoms with Crippen LogP contribution in [0.15, 0.2) is 36.5 Å². The number of nitrogens with two attached hydrogens (primary N) is 1. The third-order valence-electron chi connectivity index (χ3n) is 3.86. The molecule has 2 aromatic rings. The van der Waals surface area contributed by atoms with Gasteiger partial charge < -0.3 is 4.90 Å². The number of rotatable bonds is 4. The van der Waals surface area contributed by atoms with E-state index in [1.807, 2.05) is 30.3 Å². The minimum absolute atomic E-state index is 0.0328. The number of nitrogens with zero attached hydrogens (tertiary/aromatic N) is 2. The lowest BCUT2D eigenvalue weighted by Gasteiger charge is -2.17. The molecule has 2 N–H and O–H groups in total. The predicted molar refractivity (Wildman–Crippen MR) is 83.2 cm³/mol. The Hall–Kier alpha value is -1.99. The summed E-state index contributed by atoms with van der Waals surface area (Å²) >= 11 is 0. The van der Waals surface area contributed by atoms with Gasteiger partial charge in [-0.05, 0) is 17.7 Å². The van der Waals surface area contributed by atoms with Gasteiger partial charge in [-0.2, -0.15) is 0 Å². The number of amides is 1. The van der Waals surface area contributed by atoms with Crippen LogP contribution in [0.5, 0.6) is 0 Å². The molecule has 0 spiro atoms. The second-order valence-electron chi connectivity index (χ2n) is 5.66. The summed E-state index contributed by atoms with van der Waals surface area (Å²) in [7, 11) is -3.55. The maximum Gasteiger partial charge on any atom is 0.223 e. The van der Waals surface area contributed by atoms with Crippen LogP contribution in [-0.4, -0.2) is 36.5 Å². The minimum atomic E-state index is -3.55. The van der Waals surface area contributed by atoms with Gasteiger partial charge in [0, 0.05) is 37.0 Å². The summed E-state index contributed by atoms with van der Waals surface area (Å²) in [4.78, 5) is 18.1. The van der Waals surface area contributed by atoms with Crippen molar-refractivity contribution in [3.8, 4) is 0 Å². The lowest BCUT2D eigenvalue weighted by molar-refractivity contribution is -0.128. The zero-order chi connectivity index (χ0) is 15.7. The topological polar surface area (TPSA) is 93.4 Å². The molecule has 1 amide bonds. The molecule has 0 bridgehead atoms. The van der Waals surface area contributed by atoms with Gasteiger partial charge in [0.05, 0.1) is 11.3 Å². The molecule has 1 unspecified atom stereocenters. The molecular weight excluding hydrogens is 302 g/mol. The van der Waals surface area contributed by atoms with E-state index in [0.29, 0.717) is 13.1 Å². The molecule has 1 saturated heterocycles. The Morgan fingerprint density at radius 3 is 2.86 bits per heavy atom. The van der Waals surface area contributed by atoms with Gasteiger partial charge in [0.1, 0.15) is 0 Å². The third kappa shape index (κ3) is 3.26. The molecule has 1 aromatic heterocycles. The Labute approximate surface area is 129 Å². The number of fused-ring (bicyclic) bond motifs is 1. The van der Waals surface area contributed by atoms with Crippen LogP contribution in [0.2, 0.25) is 0 Å². The average Bonchev–Trinajstić information content (AvgIpc) is 2.77. The van der Waals surface area contributed by atoms with E-state index in [2.05, 4.69) is 4.98 Å². The molecule has 3 rings (SSSR count).